The van der Waals surface area contributed by atoms with Crippen molar-refractivity contribution in [1.29, 1.82) is 5.26 Å². The molecule has 148 valence electrons. The van der Waals surface area contributed by atoms with Gasteiger partial charge in [0.25, 0.3) is 5.91 Å². The highest BCUT2D eigenvalue weighted by atomic mass is 35.5. The zero-order valence-electron chi connectivity index (χ0n) is 15.6. The molecule has 0 saturated carbocycles. The molecule has 2 N–H and O–H groups in total. The number of hydrazine groups is 1. The molecule has 0 saturated heterocycles. The van der Waals surface area contributed by atoms with Crippen molar-refractivity contribution in [3.05, 3.63) is 82.1 Å². The smallest absolute Gasteiger partial charge is 0.269 e. The lowest BCUT2D eigenvalue weighted by atomic mass is 10.1. The first-order valence-corrected chi connectivity index (χ1v) is 9.47. The number of aryl methyl sites for hydroxylation is 1. The number of anilines is 1. The Morgan fingerprint density at radius 3 is 2.73 bits per heavy atom. The third-order valence-corrected chi connectivity index (χ3v) is 4.93. The maximum absolute atomic E-state index is 12.4. The second-order valence-corrected chi connectivity index (χ2v) is 7.01. The van der Waals surface area contributed by atoms with Gasteiger partial charge in [0.15, 0.2) is 5.78 Å². The Balaban J connectivity index is 1.41. The second-order valence-electron chi connectivity index (χ2n) is 6.61. The average Bonchev–Trinajstić information content (AvgIpc) is 3.13. The van der Waals surface area contributed by atoms with E-state index >= 15 is 0 Å². The SMILES string of the molecule is N#Cc1cc(Oc2ccc(NNC(=O)c3ccc4c(c3)CCC4=O)c(Cl)c2)ccn1. The number of amides is 1. The molecule has 8 heteroatoms. The van der Waals surface area contributed by atoms with Gasteiger partial charge in [-0.25, -0.2) is 4.98 Å². The number of pyridine rings is 1. The molecule has 7 nitrogen and oxygen atoms in total. The van der Waals surface area contributed by atoms with E-state index in [0.29, 0.717) is 46.2 Å². The minimum absolute atomic E-state index is 0.111. The molecule has 0 aliphatic heterocycles. The van der Waals surface area contributed by atoms with Crippen LogP contribution in [0.2, 0.25) is 5.02 Å². The highest BCUT2D eigenvalue weighted by Gasteiger charge is 2.20. The van der Waals surface area contributed by atoms with Crippen LogP contribution >= 0.6 is 11.6 Å². The maximum atomic E-state index is 12.4. The third kappa shape index (κ3) is 4.09. The van der Waals surface area contributed by atoms with Gasteiger partial charge < -0.3 is 4.74 Å². The highest BCUT2D eigenvalue weighted by molar-refractivity contribution is 6.33. The number of nitrogens with one attached hydrogen (secondary N) is 2. The van der Waals surface area contributed by atoms with Gasteiger partial charge in [-0.1, -0.05) is 17.7 Å². The van der Waals surface area contributed by atoms with E-state index in [1.54, 1.807) is 42.5 Å². The van der Waals surface area contributed by atoms with Crippen molar-refractivity contribution >= 4 is 29.0 Å². The highest BCUT2D eigenvalue weighted by Crippen LogP contribution is 2.29. The zero-order valence-corrected chi connectivity index (χ0v) is 16.4. The lowest BCUT2D eigenvalue weighted by molar-refractivity contribution is 0.0959. The summed E-state index contributed by atoms with van der Waals surface area (Å²) in [5, 5.41) is 9.24. The Morgan fingerprint density at radius 1 is 1.10 bits per heavy atom. The van der Waals surface area contributed by atoms with Crippen molar-refractivity contribution in [2.75, 3.05) is 5.43 Å². The average molecular weight is 419 g/mol. The van der Waals surface area contributed by atoms with E-state index in [-0.39, 0.29) is 17.4 Å². The van der Waals surface area contributed by atoms with Gasteiger partial charge in [0, 0.05) is 35.9 Å². The summed E-state index contributed by atoms with van der Waals surface area (Å²) in [7, 11) is 0. The summed E-state index contributed by atoms with van der Waals surface area (Å²) in [6, 6.07) is 15.1. The minimum Gasteiger partial charge on any atom is -0.457 e. The van der Waals surface area contributed by atoms with Crippen LogP contribution in [0.4, 0.5) is 5.69 Å². The lowest BCUT2D eigenvalue weighted by Crippen LogP contribution is -2.29. The molecule has 4 rings (SSSR count). The molecule has 2 aromatic carbocycles. The summed E-state index contributed by atoms with van der Waals surface area (Å²) in [5.74, 6) is 0.700. The largest absolute Gasteiger partial charge is 0.457 e. The number of benzene rings is 2. The van der Waals surface area contributed by atoms with Crippen LogP contribution in [0.5, 0.6) is 11.5 Å². The number of rotatable bonds is 5. The number of hydrogen-bond acceptors (Lipinski definition) is 6. The van der Waals surface area contributed by atoms with E-state index in [1.807, 2.05) is 6.07 Å². The molecular weight excluding hydrogens is 404 g/mol. The summed E-state index contributed by atoms with van der Waals surface area (Å²) in [5.41, 5.74) is 8.16. The quantitative estimate of drug-likeness (QED) is 0.599. The summed E-state index contributed by atoms with van der Waals surface area (Å²) in [6.07, 6.45) is 2.62. The lowest BCUT2D eigenvalue weighted by Gasteiger charge is -2.12. The van der Waals surface area contributed by atoms with Crippen LogP contribution in [0.3, 0.4) is 0 Å². The molecule has 0 bridgehead atoms. The van der Waals surface area contributed by atoms with Crippen molar-refractivity contribution in [3.63, 3.8) is 0 Å². The summed E-state index contributed by atoms with van der Waals surface area (Å²) >= 11 is 6.28. The van der Waals surface area contributed by atoms with E-state index in [9.17, 15) is 9.59 Å². The molecule has 1 aliphatic carbocycles. The number of Topliss-reactive ketones (excluding diaryl/α,β-unsaturated/α-hetero) is 1. The van der Waals surface area contributed by atoms with Crippen molar-refractivity contribution in [3.8, 4) is 17.6 Å². The molecule has 0 atom stereocenters. The van der Waals surface area contributed by atoms with E-state index in [2.05, 4.69) is 15.8 Å². The maximum Gasteiger partial charge on any atom is 0.269 e. The number of aromatic nitrogens is 1. The standard InChI is InChI=1S/C22H15ClN4O3/c23-19-11-16(30-17-7-8-25-15(10-17)12-24)3-5-20(19)26-27-22(29)14-1-4-18-13(9-14)2-6-21(18)28/h1,3-5,7-11,26H,2,6H2,(H,27,29). The Hall–Kier alpha value is -3.89. The van der Waals surface area contributed by atoms with Crippen LogP contribution < -0.4 is 15.6 Å². The van der Waals surface area contributed by atoms with Crippen LogP contribution in [0, 0.1) is 11.3 Å². The number of ether oxygens (including phenoxy) is 1. The molecule has 30 heavy (non-hydrogen) atoms. The summed E-state index contributed by atoms with van der Waals surface area (Å²) < 4.78 is 5.68. The van der Waals surface area contributed by atoms with Gasteiger partial charge in [-0.15, -0.1) is 0 Å². The van der Waals surface area contributed by atoms with Gasteiger partial charge in [-0.2, -0.15) is 5.26 Å². The van der Waals surface area contributed by atoms with Crippen LogP contribution in [0.1, 0.15) is 38.4 Å². The fourth-order valence-corrected chi connectivity index (χ4v) is 3.34. The molecule has 0 unspecified atom stereocenters. The van der Waals surface area contributed by atoms with Gasteiger partial charge in [-0.3, -0.25) is 20.4 Å². The number of carbonyl (C=O) groups excluding carboxylic acids is 2. The van der Waals surface area contributed by atoms with Crippen LogP contribution in [-0.4, -0.2) is 16.7 Å². The predicted molar refractivity (Wildman–Crippen MR) is 111 cm³/mol. The molecular formula is C22H15ClN4O3. The molecule has 0 fully saturated rings. The number of hydrogen-bond donors (Lipinski definition) is 2. The number of nitriles is 1. The first kappa shape index (κ1) is 19.4. The van der Waals surface area contributed by atoms with Crippen LogP contribution in [-0.2, 0) is 6.42 Å². The molecule has 0 radical (unpaired) electrons. The van der Waals surface area contributed by atoms with Crippen LogP contribution in [0.25, 0.3) is 0 Å². The van der Waals surface area contributed by atoms with Crippen LogP contribution in [0.15, 0.2) is 54.7 Å². The van der Waals surface area contributed by atoms with E-state index in [0.717, 1.165) is 5.56 Å². The van der Waals surface area contributed by atoms with Crippen molar-refractivity contribution < 1.29 is 14.3 Å². The molecule has 1 aliphatic rings. The van der Waals surface area contributed by atoms with Crippen molar-refractivity contribution in [1.82, 2.24) is 10.4 Å². The Kier molecular flexibility index (Phi) is 5.33. The number of fused-ring (bicyclic) bond motifs is 1. The van der Waals surface area contributed by atoms with Gasteiger partial charge in [0.2, 0.25) is 0 Å². The molecule has 1 aromatic heterocycles. The normalized spacial score (nSPS) is 12.1. The van der Waals surface area contributed by atoms with Gasteiger partial charge in [0.05, 0.1) is 10.7 Å². The molecule has 0 spiro atoms. The third-order valence-electron chi connectivity index (χ3n) is 4.62. The van der Waals surface area contributed by atoms with Gasteiger partial charge in [-0.05, 0) is 42.3 Å². The van der Waals surface area contributed by atoms with E-state index in [1.165, 1.54) is 12.3 Å². The zero-order chi connectivity index (χ0) is 21.1. The summed E-state index contributed by atoms with van der Waals surface area (Å²) in [6.45, 7) is 0. The Morgan fingerprint density at radius 2 is 1.93 bits per heavy atom. The van der Waals surface area contributed by atoms with E-state index in [4.69, 9.17) is 21.6 Å². The Labute approximate surface area is 177 Å². The predicted octanol–water partition coefficient (Wildman–Crippen LogP) is 4.28. The second kappa shape index (κ2) is 8.23. The number of halogens is 1. The first-order valence-electron chi connectivity index (χ1n) is 9.09. The monoisotopic (exact) mass is 418 g/mol. The van der Waals surface area contributed by atoms with E-state index < -0.39 is 0 Å². The topological polar surface area (TPSA) is 104 Å². The van der Waals surface area contributed by atoms with Crippen molar-refractivity contribution in [2.45, 2.75) is 12.8 Å². The number of ketones is 1. The van der Waals surface area contributed by atoms with Crippen molar-refractivity contribution in [2.24, 2.45) is 0 Å². The minimum atomic E-state index is -0.339. The Bertz CT molecular complexity index is 1200. The molecule has 1 heterocycles. The fraction of sp³-hybridized carbons (Fsp3) is 0.0909. The molecule has 3 aromatic rings. The number of carbonyl (C=O) groups is 2. The van der Waals surface area contributed by atoms with Gasteiger partial charge >= 0.3 is 0 Å². The fourth-order valence-electron chi connectivity index (χ4n) is 3.13. The van der Waals surface area contributed by atoms with Gasteiger partial charge in [0.1, 0.15) is 23.3 Å². The summed E-state index contributed by atoms with van der Waals surface area (Å²) in [4.78, 5) is 28.0. The first-order chi connectivity index (χ1) is 14.5. The molecule has 1 amide bonds. The number of nitrogens with zero attached hydrogens (tertiary/aromatic N) is 2.